The van der Waals surface area contributed by atoms with E-state index < -0.39 is 0 Å². The van der Waals surface area contributed by atoms with Gasteiger partial charge < -0.3 is 11.1 Å². The van der Waals surface area contributed by atoms with Crippen LogP contribution in [0.4, 0.5) is 5.69 Å². The number of nitrogen functional groups attached to an aromatic ring is 1. The highest BCUT2D eigenvalue weighted by Crippen LogP contribution is 2.15. The van der Waals surface area contributed by atoms with Gasteiger partial charge in [0.15, 0.2) is 0 Å². The minimum absolute atomic E-state index is 0.119. The molecule has 1 rings (SSSR count). The zero-order valence-electron chi connectivity index (χ0n) is 10.1. The Balaban J connectivity index is 2.48. The molecule has 0 saturated heterocycles. The number of amides is 1. The number of para-hydroxylation sites is 1. The summed E-state index contributed by atoms with van der Waals surface area (Å²) >= 11 is 0. The Bertz CT molecular complexity index is 432. The van der Waals surface area contributed by atoms with Crippen molar-refractivity contribution in [3.8, 4) is 12.3 Å². The number of unbranched alkanes of at least 4 members (excludes halogenated alkanes) is 2. The van der Waals surface area contributed by atoms with Crippen LogP contribution >= 0.6 is 0 Å². The highest BCUT2D eigenvalue weighted by atomic mass is 16.1. The van der Waals surface area contributed by atoms with Crippen LogP contribution in [-0.4, -0.2) is 12.5 Å². The zero-order chi connectivity index (χ0) is 12.7. The lowest BCUT2D eigenvalue weighted by Crippen LogP contribution is -2.25. The number of benzene rings is 1. The molecular weight excluding hydrogens is 212 g/mol. The van der Waals surface area contributed by atoms with Crippen molar-refractivity contribution in [2.24, 2.45) is 0 Å². The Hall–Kier alpha value is -1.95. The van der Waals surface area contributed by atoms with Crippen LogP contribution in [-0.2, 0) is 0 Å². The van der Waals surface area contributed by atoms with E-state index in [2.05, 4.69) is 11.2 Å². The largest absolute Gasteiger partial charge is 0.398 e. The van der Waals surface area contributed by atoms with E-state index in [9.17, 15) is 4.79 Å². The van der Waals surface area contributed by atoms with Gasteiger partial charge in [0.05, 0.1) is 5.56 Å². The maximum atomic E-state index is 11.8. The molecule has 0 fully saturated rings. The van der Waals surface area contributed by atoms with Crippen molar-refractivity contribution in [2.45, 2.75) is 26.2 Å². The minimum atomic E-state index is -0.119. The van der Waals surface area contributed by atoms with Crippen molar-refractivity contribution >= 4 is 11.6 Å². The van der Waals surface area contributed by atoms with Crippen molar-refractivity contribution in [1.29, 1.82) is 0 Å². The highest BCUT2D eigenvalue weighted by Gasteiger charge is 2.09. The SMILES string of the molecule is C#CCCCCNC(=O)c1cccc(C)c1N. The van der Waals surface area contributed by atoms with Crippen LogP contribution in [0.1, 0.15) is 35.2 Å². The molecule has 0 aromatic heterocycles. The number of nitrogens with one attached hydrogen (secondary N) is 1. The lowest BCUT2D eigenvalue weighted by molar-refractivity contribution is 0.0954. The molecule has 3 heteroatoms. The quantitative estimate of drug-likeness (QED) is 0.462. The molecule has 0 saturated carbocycles. The number of terminal acetylenes is 1. The summed E-state index contributed by atoms with van der Waals surface area (Å²) in [5, 5.41) is 2.84. The second-order valence-corrected chi connectivity index (χ2v) is 3.95. The number of hydrogen-bond acceptors (Lipinski definition) is 2. The Morgan fingerprint density at radius 3 is 2.94 bits per heavy atom. The molecule has 0 radical (unpaired) electrons. The summed E-state index contributed by atoms with van der Waals surface area (Å²) in [7, 11) is 0. The summed E-state index contributed by atoms with van der Waals surface area (Å²) in [6.07, 6.45) is 7.72. The first kappa shape index (κ1) is 13.1. The third-order valence-corrected chi connectivity index (χ3v) is 2.60. The summed E-state index contributed by atoms with van der Waals surface area (Å²) in [4.78, 5) is 11.8. The fourth-order valence-electron chi connectivity index (χ4n) is 1.53. The second-order valence-electron chi connectivity index (χ2n) is 3.95. The molecule has 0 unspecified atom stereocenters. The maximum absolute atomic E-state index is 11.8. The molecule has 0 aliphatic heterocycles. The van der Waals surface area contributed by atoms with E-state index in [0.717, 1.165) is 24.8 Å². The van der Waals surface area contributed by atoms with Crippen LogP contribution in [0.15, 0.2) is 18.2 Å². The molecule has 3 nitrogen and oxygen atoms in total. The summed E-state index contributed by atoms with van der Waals surface area (Å²) in [5.41, 5.74) is 7.86. The third kappa shape index (κ3) is 3.84. The first-order valence-corrected chi connectivity index (χ1v) is 5.73. The number of carbonyl (C=O) groups is 1. The topological polar surface area (TPSA) is 55.1 Å². The Labute approximate surface area is 102 Å². The van der Waals surface area contributed by atoms with Crippen LogP contribution < -0.4 is 11.1 Å². The van der Waals surface area contributed by atoms with Gasteiger partial charge in [0.2, 0.25) is 0 Å². The van der Waals surface area contributed by atoms with Crippen LogP contribution in [0.2, 0.25) is 0 Å². The van der Waals surface area contributed by atoms with Crippen LogP contribution in [0, 0.1) is 19.3 Å². The summed E-state index contributed by atoms with van der Waals surface area (Å²) in [6, 6.07) is 5.46. The summed E-state index contributed by atoms with van der Waals surface area (Å²) < 4.78 is 0. The van der Waals surface area contributed by atoms with E-state index in [1.54, 1.807) is 6.07 Å². The lowest BCUT2D eigenvalue weighted by atomic mass is 10.1. The van der Waals surface area contributed by atoms with Crippen molar-refractivity contribution in [2.75, 3.05) is 12.3 Å². The molecule has 1 amide bonds. The molecule has 90 valence electrons. The van der Waals surface area contributed by atoms with Crippen LogP contribution in [0.5, 0.6) is 0 Å². The Morgan fingerprint density at radius 2 is 2.24 bits per heavy atom. The van der Waals surface area contributed by atoms with Crippen LogP contribution in [0.25, 0.3) is 0 Å². The average Bonchev–Trinajstić information content (AvgIpc) is 2.32. The van der Waals surface area contributed by atoms with E-state index >= 15 is 0 Å². The average molecular weight is 230 g/mol. The summed E-state index contributed by atoms with van der Waals surface area (Å²) in [6.45, 7) is 2.52. The number of anilines is 1. The molecule has 17 heavy (non-hydrogen) atoms. The van der Waals surface area contributed by atoms with Crippen molar-refractivity contribution < 1.29 is 4.79 Å². The van der Waals surface area contributed by atoms with Gasteiger partial charge in [-0.15, -0.1) is 12.3 Å². The van der Waals surface area contributed by atoms with Gasteiger partial charge in [-0.3, -0.25) is 4.79 Å². The molecule has 0 spiro atoms. The van der Waals surface area contributed by atoms with Crippen LogP contribution in [0.3, 0.4) is 0 Å². The first-order valence-electron chi connectivity index (χ1n) is 5.73. The Morgan fingerprint density at radius 1 is 1.47 bits per heavy atom. The second kappa shape index (κ2) is 6.59. The van der Waals surface area contributed by atoms with Crippen molar-refractivity contribution in [3.63, 3.8) is 0 Å². The van der Waals surface area contributed by atoms with Gasteiger partial charge in [0, 0.05) is 18.7 Å². The molecule has 0 atom stereocenters. The van der Waals surface area contributed by atoms with Gasteiger partial charge in [-0.05, 0) is 31.4 Å². The molecular formula is C14H18N2O. The molecule has 1 aromatic carbocycles. The Kier molecular flexibility index (Phi) is 5.09. The van der Waals surface area contributed by atoms with Gasteiger partial charge in [0.25, 0.3) is 5.91 Å². The molecule has 0 aliphatic carbocycles. The molecule has 0 heterocycles. The fourth-order valence-corrected chi connectivity index (χ4v) is 1.53. The van der Waals surface area contributed by atoms with Gasteiger partial charge in [-0.2, -0.15) is 0 Å². The molecule has 1 aromatic rings. The normalized spacial score (nSPS) is 9.65. The van der Waals surface area contributed by atoms with Crippen molar-refractivity contribution in [1.82, 2.24) is 5.32 Å². The van der Waals surface area contributed by atoms with Gasteiger partial charge >= 0.3 is 0 Å². The van der Waals surface area contributed by atoms with Gasteiger partial charge in [0.1, 0.15) is 0 Å². The standard InChI is InChI=1S/C14H18N2O/c1-3-4-5-6-10-16-14(17)12-9-7-8-11(2)13(12)15/h1,7-9H,4-6,10,15H2,2H3,(H,16,17). The predicted octanol–water partition coefficient (Wildman–Crippen LogP) is 2.11. The maximum Gasteiger partial charge on any atom is 0.253 e. The van der Waals surface area contributed by atoms with Crippen molar-refractivity contribution in [3.05, 3.63) is 29.3 Å². The van der Waals surface area contributed by atoms with E-state index in [0.29, 0.717) is 17.8 Å². The number of hydrogen-bond donors (Lipinski definition) is 2. The van der Waals surface area contributed by atoms with Gasteiger partial charge in [-0.25, -0.2) is 0 Å². The number of nitrogens with two attached hydrogens (primary N) is 1. The highest BCUT2D eigenvalue weighted by molar-refractivity contribution is 5.99. The number of rotatable bonds is 5. The van der Waals surface area contributed by atoms with E-state index in [4.69, 9.17) is 12.2 Å². The molecule has 0 aliphatic rings. The smallest absolute Gasteiger partial charge is 0.253 e. The fraction of sp³-hybridized carbons (Fsp3) is 0.357. The number of carbonyl (C=O) groups excluding carboxylic acids is 1. The van der Waals surface area contributed by atoms with E-state index in [1.165, 1.54) is 0 Å². The summed E-state index contributed by atoms with van der Waals surface area (Å²) in [5.74, 6) is 2.45. The third-order valence-electron chi connectivity index (χ3n) is 2.60. The molecule has 0 bridgehead atoms. The van der Waals surface area contributed by atoms with E-state index in [-0.39, 0.29) is 5.91 Å². The molecule has 3 N–H and O–H groups in total. The zero-order valence-corrected chi connectivity index (χ0v) is 10.1. The lowest BCUT2D eigenvalue weighted by Gasteiger charge is -2.08. The minimum Gasteiger partial charge on any atom is -0.398 e. The van der Waals surface area contributed by atoms with E-state index in [1.807, 2.05) is 19.1 Å². The first-order chi connectivity index (χ1) is 8.16. The predicted molar refractivity (Wildman–Crippen MR) is 70.6 cm³/mol. The number of aryl methyl sites for hydroxylation is 1. The van der Waals surface area contributed by atoms with Gasteiger partial charge in [-0.1, -0.05) is 12.1 Å². The monoisotopic (exact) mass is 230 g/mol.